The van der Waals surface area contributed by atoms with Gasteiger partial charge in [-0.25, -0.2) is 0 Å². The molecule has 114 valence electrons. The molecule has 0 saturated carbocycles. The lowest BCUT2D eigenvalue weighted by atomic mass is 10.1. The Morgan fingerprint density at radius 1 is 1.38 bits per heavy atom. The highest BCUT2D eigenvalue weighted by Gasteiger charge is 2.22. The van der Waals surface area contributed by atoms with Crippen molar-refractivity contribution in [2.24, 2.45) is 0 Å². The maximum absolute atomic E-state index is 10.9. The average molecular weight is 295 g/mol. The predicted molar refractivity (Wildman–Crippen MR) is 74.2 cm³/mol. The molecule has 1 fully saturated rings. The minimum absolute atomic E-state index is 0.0886. The van der Waals surface area contributed by atoms with Crippen LogP contribution in [0.5, 0.6) is 11.5 Å². The summed E-state index contributed by atoms with van der Waals surface area (Å²) in [5.41, 5.74) is 0.326. The summed E-state index contributed by atoms with van der Waals surface area (Å²) >= 11 is 0. The van der Waals surface area contributed by atoms with E-state index in [9.17, 15) is 20.0 Å². The van der Waals surface area contributed by atoms with Crippen molar-refractivity contribution in [3.8, 4) is 11.5 Å². The lowest BCUT2D eigenvalue weighted by molar-refractivity contribution is -0.386. The molecule has 1 saturated heterocycles. The van der Waals surface area contributed by atoms with Gasteiger partial charge in [-0.1, -0.05) is 0 Å². The standard InChI is InChI=1S/C13H17N3O5/c1-21-12-7-10(6-11(13(12)18)16(19)20)8-14-2-4-15(9-17)5-3-14/h6-7,9,18H,2-5,8H2,1H3. The maximum Gasteiger partial charge on any atom is 0.314 e. The molecule has 1 aromatic rings. The number of nitro benzene ring substituents is 1. The van der Waals surface area contributed by atoms with E-state index in [4.69, 9.17) is 4.74 Å². The molecule has 0 aromatic heterocycles. The number of nitro groups is 1. The van der Waals surface area contributed by atoms with Gasteiger partial charge in [0, 0.05) is 38.8 Å². The first-order chi connectivity index (χ1) is 10.0. The van der Waals surface area contributed by atoms with Gasteiger partial charge in [-0.2, -0.15) is 0 Å². The molecule has 0 aliphatic carbocycles. The molecule has 1 N–H and O–H groups in total. The van der Waals surface area contributed by atoms with Crippen LogP contribution in [0.3, 0.4) is 0 Å². The Morgan fingerprint density at radius 2 is 2.05 bits per heavy atom. The number of hydrogen-bond donors (Lipinski definition) is 1. The first-order valence-electron chi connectivity index (χ1n) is 6.51. The molecule has 1 heterocycles. The maximum atomic E-state index is 10.9. The van der Waals surface area contributed by atoms with E-state index in [2.05, 4.69) is 4.90 Å². The van der Waals surface area contributed by atoms with Crippen LogP contribution < -0.4 is 4.74 Å². The van der Waals surface area contributed by atoms with Crippen LogP contribution in [0.4, 0.5) is 5.69 Å². The molecule has 0 radical (unpaired) electrons. The molecule has 0 spiro atoms. The monoisotopic (exact) mass is 295 g/mol. The molecular weight excluding hydrogens is 278 g/mol. The van der Waals surface area contributed by atoms with E-state index in [1.165, 1.54) is 13.2 Å². The second-order valence-electron chi connectivity index (χ2n) is 4.84. The van der Waals surface area contributed by atoms with Crippen LogP contribution in [0.15, 0.2) is 12.1 Å². The van der Waals surface area contributed by atoms with Crippen LogP contribution in [0.1, 0.15) is 5.56 Å². The number of phenols is 1. The van der Waals surface area contributed by atoms with Crippen molar-refractivity contribution in [3.05, 3.63) is 27.8 Å². The Labute approximate surface area is 121 Å². The normalized spacial score (nSPS) is 15.8. The van der Waals surface area contributed by atoms with Crippen molar-refractivity contribution in [3.63, 3.8) is 0 Å². The first kappa shape index (κ1) is 15.0. The van der Waals surface area contributed by atoms with Crippen LogP contribution in [-0.2, 0) is 11.3 Å². The van der Waals surface area contributed by atoms with E-state index in [1.807, 2.05) is 0 Å². The highest BCUT2D eigenvalue weighted by atomic mass is 16.6. The fourth-order valence-corrected chi connectivity index (χ4v) is 2.32. The average Bonchev–Trinajstić information content (AvgIpc) is 2.49. The Bertz CT molecular complexity index is 541. The van der Waals surface area contributed by atoms with E-state index in [0.29, 0.717) is 38.3 Å². The van der Waals surface area contributed by atoms with E-state index < -0.39 is 10.7 Å². The molecule has 21 heavy (non-hydrogen) atoms. The van der Waals surface area contributed by atoms with Crippen LogP contribution in [0.2, 0.25) is 0 Å². The summed E-state index contributed by atoms with van der Waals surface area (Å²) < 4.78 is 4.97. The van der Waals surface area contributed by atoms with Gasteiger partial charge in [0.15, 0.2) is 5.75 Å². The lowest BCUT2D eigenvalue weighted by Crippen LogP contribution is -2.45. The number of hydrogen-bond acceptors (Lipinski definition) is 6. The van der Waals surface area contributed by atoms with Crippen molar-refractivity contribution in [2.45, 2.75) is 6.54 Å². The third kappa shape index (κ3) is 3.40. The zero-order chi connectivity index (χ0) is 15.4. The second kappa shape index (κ2) is 6.40. The van der Waals surface area contributed by atoms with Crippen LogP contribution in [0.25, 0.3) is 0 Å². The Morgan fingerprint density at radius 3 is 2.57 bits per heavy atom. The molecule has 1 aliphatic rings. The molecule has 0 unspecified atom stereocenters. The number of nitrogens with zero attached hydrogens (tertiary/aromatic N) is 3. The molecule has 8 heteroatoms. The minimum Gasteiger partial charge on any atom is -0.500 e. The quantitative estimate of drug-likeness (QED) is 0.485. The second-order valence-corrected chi connectivity index (χ2v) is 4.84. The van der Waals surface area contributed by atoms with Gasteiger partial charge in [0.25, 0.3) is 0 Å². The molecule has 2 rings (SSSR count). The Hall–Kier alpha value is -2.35. The highest BCUT2D eigenvalue weighted by Crippen LogP contribution is 2.37. The van der Waals surface area contributed by atoms with Gasteiger partial charge in [0.1, 0.15) is 0 Å². The molecule has 0 bridgehead atoms. The van der Waals surface area contributed by atoms with Crippen LogP contribution >= 0.6 is 0 Å². The fraction of sp³-hybridized carbons (Fsp3) is 0.462. The summed E-state index contributed by atoms with van der Waals surface area (Å²) in [5.74, 6) is -0.372. The molecular formula is C13H17N3O5. The van der Waals surface area contributed by atoms with Crippen molar-refractivity contribution in [1.29, 1.82) is 0 Å². The number of rotatable bonds is 5. The summed E-state index contributed by atoms with van der Waals surface area (Å²) in [5, 5.41) is 20.7. The fourth-order valence-electron chi connectivity index (χ4n) is 2.32. The number of carbonyl (C=O) groups is 1. The predicted octanol–water partition coefficient (Wildman–Crippen LogP) is 0.583. The van der Waals surface area contributed by atoms with Crippen molar-refractivity contribution < 1.29 is 19.6 Å². The Kier molecular flexibility index (Phi) is 4.59. The van der Waals surface area contributed by atoms with Gasteiger partial charge in [-0.05, 0) is 11.6 Å². The zero-order valence-electron chi connectivity index (χ0n) is 11.7. The van der Waals surface area contributed by atoms with Crippen molar-refractivity contribution in [1.82, 2.24) is 9.80 Å². The third-order valence-electron chi connectivity index (χ3n) is 3.49. The summed E-state index contributed by atoms with van der Waals surface area (Å²) in [6.45, 7) is 3.19. The van der Waals surface area contributed by atoms with Crippen molar-refractivity contribution in [2.75, 3.05) is 33.3 Å². The topological polar surface area (TPSA) is 96.2 Å². The van der Waals surface area contributed by atoms with Crippen LogP contribution in [0, 0.1) is 10.1 Å². The number of aromatic hydroxyl groups is 1. The molecule has 1 amide bonds. The molecule has 0 atom stereocenters. The SMILES string of the molecule is COc1cc(CN2CCN(C=O)CC2)cc([N+](=O)[O-])c1O. The van der Waals surface area contributed by atoms with Gasteiger partial charge >= 0.3 is 5.69 Å². The molecule has 1 aromatic carbocycles. The largest absolute Gasteiger partial charge is 0.500 e. The third-order valence-corrected chi connectivity index (χ3v) is 3.49. The van der Waals surface area contributed by atoms with Gasteiger partial charge in [0.05, 0.1) is 12.0 Å². The minimum atomic E-state index is -0.633. The number of carbonyl (C=O) groups excluding carboxylic acids is 1. The molecule has 1 aliphatic heterocycles. The smallest absolute Gasteiger partial charge is 0.314 e. The Balaban J connectivity index is 2.15. The van der Waals surface area contributed by atoms with E-state index >= 15 is 0 Å². The number of piperazine rings is 1. The van der Waals surface area contributed by atoms with Gasteiger partial charge < -0.3 is 14.7 Å². The van der Waals surface area contributed by atoms with Gasteiger partial charge in [-0.15, -0.1) is 0 Å². The van der Waals surface area contributed by atoms with Gasteiger partial charge in [-0.3, -0.25) is 19.8 Å². The summed E-state index contributed by atoms with van der Waals surface area (Å²) in [6.07, 6.45) is 0.825. The number of methoxy groups -OCH3 is 1. The highest BCUT2D eigenvalue weighted by molar-refractivity contribution is 5.57. The van der Waals surface area contributed by atoms with E-state index in [1.54, 1.807) is 11.0 Å². The first-order valence-corrected chi connectivity index (χ1v) is 6.51. The summed E-state index contributed by atoms with van der Waals surface area (Å²) in [6, 6.07) is 2.94. The van der Waals surface area contributed by atoms with Crippen molar-refractivity contribution >= 4 is 12.1 Å². The van der Waals surface area contributed by atoms with Gasteiger partial charge in [0.2, 0.25) is 12.2 Å². The zero-order valence-corrected chi connectivity index (χ0v) is 11.7. The van der Waals surface area contributed by atoms with E-state index in [-0.39, 0.29) is 11.4 Å². The number of ether oxygens (including phenoxy) is 1. The lowest BCUT2D eigenvalue weighted by Gasteiger charge is -2.32. The molecule has 8 nitrogen and oxygen atoms in total. The summed E-state index contributed by atoms with van der Waals surface area (Å²) in [4.78, 5) is 24.8. The summed E-state index contributed by atoms with van der Waals surface area (Å²) in [7, 11) is 1.35. The van der Waals surface area contributed by atoms with Crippen LogP contribution in [-0.4, -0.2) is 59.5 Å². The number of benzene rings is 1. The number of amides is 1. The number of phenolic OH excluding ortho intramolecular Hbond substituents is 1. The van der Waals surface area contributed by atoms with E-state index in [0.717, 1.165) is 6.41 Å².